The number of hydrogen-bond donors (Lipinski definition) is 1. The van der Waals surface area contributed by atoms with E-state index in [1.54, 1.807) is 19.2 Å². The molecule has 214 valence electrons. The molecule has 2 heterocycles. The quantitative estimate of drug-likeness (QED) is 0.206. The molecule has 3 aromatic rings. The molecule has 2 aliphatic rings. The minimum Gasteiger partial charge on any atom is -0.497 e. The number of ether oxygens (including phenoxy) is 2. The van der Waals surface area contributed by atoms with Crippen LogP contribution in [0.2, 0.25) is 0 Å². The van der Waals surface area contributed by atoms with Crippen molar-refractivity contribution in [1.82, 2.24) is 10.2 Å². The number of allylic oxidation sites excluding steroid dienone is 1. The lowest BCUT2D eigenvalue weighted by Gasteiger charge is -2.49. The summed E-state index contributed by atoms with van der Waals surface area (Å²) in [5.74, 6) is -0.0746. The number of aldehydes is 1. The highest BCUT2D eigenvalue weighted by Gasteiger charge is 2.54. The smallest absolute Gasteiger partial charge is 0.355 e. The molecular weight excluding hydrogens is 552 g/mol. The Morgan fingerprint density at radius 3 is 2.36 bits per heavy atom. The van der Waals surface area contributed by atoms with Crippen LogP contribution in [0.3, 0.4) is 0 Å². The highest BCUT2D eigenvalue weighted by Crippen LogP contribution is 2.41. The Morgan fingerprint density at radius 2 is 1.67 bits per heavy atom. The largest absolute Gasteiger partial charge is 0.497 e. The third-order valence-corrected chi connectivity index (χ3v) is 8.32. The van der Waals surface area contributed by atoms with Crippen LogP contribution in [-0.4, -0.2) is 53.2 Å². The SMILES string of the molecule is COc1ccc(COC(=O)C2=C(/C=C/c3ccc(CC=O)cc3)CS[C@@H]3[C@H](NC(=O)Cc4ccccc4)C(=O)N23)cc1. The second-order valence-corrected chi connectivity index (χ2v) is 11.0. The zero-order chi connectivity index (χ0) is 29.5. The molecular formula is C33H30N2O6S. The van der Waals surface area contributed by atoms with Crippen LogP contribution in [0, 0.1) is 0 Å². The third-order valence-electron chi connectivity index (χ3n) is 7.02. The number of rotatable bonds is 11. The van der Waals surface area contributed by atoms with Crippen molar-refractivity contribution in [2.45, 2.75) is 30.9 Å². The predicted octanol–water partition coefficient (Wildman–Crippen LogP) is 4.09. The topological polar surface area (TPSA) is 102 Å². The molecule has 3 aromatic carbocycles. The number of esters is 1. The van der Waals surface area contributed by atoms with Crippen molar-refractivity contribution < 1.29 is 28.7 Å². The lowest BCUT2D eigenvalue weighted by molar-refractivity contribution is -0.153. The summed E-state index contributed by atoms with van der Waals surface area (Å²) in [6.45, 7) is 0.0264. The summed E-state index contributed by atoms with van der Waals surface area (Å²) in [6, 6.07) is 23.3. The van der Waals surface area contributed by atoms with E-state index in [0.717, 1.165) is 28.5 Å². The molecule has 2 atom stereocenters. The Balaban J connectivity index is 1.34. The number of carbonyl (C=O) groups is 4. The maximum Gasteiger partial charge on any atom is 0.355 e. The van der Waals surface area contributed by atoms with Crippen LogP contribution in [0.4, 0.5) is 0 Å². The summed E-state index contributed by atoms with van der Waals surface area (Å²) in [5.41, 5.74) is 4.25. The van der Waals surface area contributed by atoms with E-state index >= 15 is 0 Å². The maximum absolute atomic E-state index is 13.5. The zero-order valence-corrected chi connectivity index (χ0v) is 23.8. The summed E-state index contributed by atoms with van der Waals surface area (Å²) in [4.78, 5) is 51.8. The molecule has 0 aromatic heterocycles. The molecule has 0 saturated carbocycles. The van der Waals surface area contributed by atoms with E-state index in [4.69, 9.17) is 9.47 Å². The Kier molecular flexibility index (Phi) is 9.18. The molecule has 1 N–H and O–H groups in total. The molecule has 1 fully saturated rings. The monoisotopic (exact) mass is 582 g/mol. The summed E-state index contributed by atoms with van der Waals surface area (Å²) >= 11 is 1.49. The minimum atomic E-state index is -0.730. The van der Waals surface area contributed by atoms with E-state index in [-0.39, 0.29) is 30.5 Å². The van der Waals surface area contributed by atoms with Crippen LogP contribution >= 0.6 is 11.8 Å². The number of β-lactam (4-membered cyclic amide) rings is 1. The van der Waals surface area contributed by atoms with E-state index in [1.807, 2.05) is 78.9 Å². The number of hydrogen-bond acceptors (Lipinski definition) is 7. The van der Waals surface area contributed by atoms with Gasteiger partial charge in [-0.25, -0.2) is 4.79 Å². The van der Waals surface area contributed by atoms with Gasteiger partial charge in [-0.1, -0.05) is 78.9 Å². The van der Waals surface area contributed by atoms with Crippen molar-refractivity contribution in [3.8, 4) is 5.75 Å². The molecule has 5 rings (SSSR count). The van der Waals surface area contributed by atoms with Gasteiger partial charge < -0.3 is 19.6 Å². The molecule has 0 aliphatic carbocycles. The van der Waals surface area contributed by atoms with Crippen LogP contribution in [0.5, 0.6) is 5.75 Å². The van der Waals surface area contributed by atoms with Gasteiger partial charge in [0.25, 0.3) is 5.91 Å². The summed E-state index contributed by atoms with van der Waals surface area (Å²) in [5, 5.41) is 2.43. The number of nitrogens with one attached hydrogen (secondary N) is 1. The van der Waals surface area contributed by atoms with Gasteiger partial charge in [0.05, 0.1) is 13.5 Å². The van der Waals surface area contributed by atoms with Gasteiger partial charge in [0.15, 0.2) is 0 Å². The lowest BCUT2D eigenvalue weighted by atomic mass is 10.0. The normalized spacial score (nSPS) is 17.8. The number of fused-ring (bicyclic) bond motifs is 1. The molecule has 0 unspecified atom stereocenters. The highest BCUT2D eigenvalue weighted by atomic mass is 32.2. The minimum absolute atomic E-state index is 0.0264. The average molecular weight is 583 g/mol. The first-order valence-electron chi connectivity index (χ1n) is 13.5. The second-order valence-electron chi connectivity index (χ2n) is 9.86. The number of carbonyl (C=O) groups excluding carboxylic acids is 4. The standard InChI is InChI=1S/C33H30N2O6S/c1-40-27-15-12-25(13-16-27)20-41-33(39)30-26(14-11-22-7-9-23(10-8-22)17-18-36)21-42-32-29(31(38)35(30)32)34-28(37)19-24-5-3-2-4-6-24/h2-16,18,29,32H,17,19-21H2,1H3,(H,34,37)/b14-11+/t29-,32-/m1/s1. The Labute approximate surface area is 248 Å². The van der Waals surface area contributed by atoms with Gasteiger partial charge in [-0.3, -0.25) is 14.5 Å². The van der Waals surface area contributed by atoms with Gasteiger partial charge in [-0.2, -0.15) is 0 Å². The highest BCUT2D eigenvalue weighted by molar-refractivity contribution is 8.00. The fraction of sp³-hybridized carbons (Fsp3) is 0.212. The first-order chi connectivity index (χ1) is 20.5. The molecule has 0 bridgehead atoms. The van der Waals surface area contributed by atoms with Crippen molar-refractivity contribution in [2.24, 2.45) is 0 Å². The van der Waals surface area contributed by atoms with E-state index in [1.165, 1.54) is 16.7 Å². The number of amides is 2. The van der Waals surface area contributed by atoms with Crippen LogP contribution in [0.1, 0.15) is 22.3 Å². The molecule has 8 nitrogen and oxygen atoms in total. The van der Waals surface area contributed by atoms with Crippen LogP contribution < -0.4 is 10.1 Å². The van der Waals surface area contributed by atoms with Crippen molar-refractivity contribution in [3.05, 3.63) is 118 Å². The van der Waals surface area contributed by atoms with Gasteiger partial charge in [0.1, 0.15) is 35.8 Å². The van der Waals surface area contributed by atoms with Gasteiger partial charge in [-0.05, 0) is 40.0 Å². The molecule has 9 heteroatoms. The van der Waals surface area contributed by atoms with Crippen molar-refractivity contribution in [3.63, 3.8) is 0 Å². The molecule has 2 amide bonds. The fourth-order valence-corrected chi connectivity index (χ4v) is 6.08. The molecule has 1 saturated heterocycles. The third kappa shape index (κ3) is 6.63. The first kappa shape index (κ1) is 28.9. The van der Waals surface area contributed by atoms with E-state index in [9.17, 15) is 19.2 Å². The molecule has 42 heavy (non-hydrogen) atoms. The molecule has 0 spiro atoms. The van der Waals surface area contributed by atoms with Gasteiger partial charge in [0, 0.05) is 12.2 Å². The van der Waals surface area contributed by atoms with E-state index < -0.39 is 17.4 Å². The van der Waals surface area contributed by atoms with Gasteiger partial charge >= 0.3 is 5.97 Å². The number of thioether (sulfide) groups is 1. The number of benzene rings is 3. The zero-order valence-electron chi connectivity index (χ0n) is 23.0. The summed E-state index contributed by atoms with van der Waals surface area (Å²) in [7, 11) is 1.58. The average Bonchev–Trinajstić information content (AvgIpc) is 3.02. The van der Waals surface area contributed by atoms with Crippen LogP contribution in [-0.2, 0) is 43.4 Å². The number of methoxy groups -OCH3 is 1. The summed E-state index contributed by atoms with van der Waals surface area (Å²) < 4.78 is 10.9. The van der Waals surface area contributed by atoms with E-state index in [2.05, 4.69) is 5.32 Å². The van der Waals surface area contributed by atoms with Gasteiger partial charge in [0.2, 0.25) is 5.91 Å². The predicted molar refractivity (Wildman–Crippen MR) is 160 cm³/mol. The Hall–Kier alpha value is -4.63. The maximum atomic E-state index is 13.5. The van der Waals surface area contributed by atoms with Crippen LogP contribution in [0.25, 0.3) is 6.08 Å². The van der Waals surface area contributed by atoms with Crippen molar-refractivity contribution >= 4 is 41.9 Å². The first-order valence-corrected chi connectivity index (χ1v) is 14.5. The lowest BCUT2D eigenvalue weighted by Crippen LogP contribution is -2.70. The fourth-order valence-electron chi connectivity index (χ4n) is 4.76. The van der Waals surface area contributed by atoms with Crippen molar-refractivity contribution in [1.29, 1.82) is 0 Å². The van der Waals surface area contributed by atoms with E-state index in [0.29, 0.717) is 23.5 Å². The molecule has 2 aliphatic heterocycles. The van der Waals surface area contributed by atoms with Crippen molar-refractivity contribution in [2.75, 3.05) is 12.9 Å². The molecule has 0 radical (unpaired) electrons. The Morgan fingerprint density at radius 1 is 0.952 bits per heavy atom. The summed E-state index contributed by atoms with van der Waals surface area (Å²) in [6.07, 6.45) is 5.04. The van der Waals surface area contributed by atoms with Gasteiger partial charge in [-0.15, -0.1) is 11.8 Å². The number of nitrogens with zero attached hydrogens (tertiary/aromatic N) is 1. The Bertz CT molecular complexity index is 1520. The van der Waals surface area contributed by atoms with Crippen LogP contribution in [0.15, 0.2) is 96.2 Å². The second kappa shape index (κ2) is 13.4.